The number of benzene rings is 2. The van der Waals surface area contributed by atoms with Crippen LogP contribution in [-0.4, -0.2) is 34.9 Å². The second kappa shape index (κ2) is 9.91. The molecule has 2 aromatic rings. The SMILES string of the molecule is C=CCN1C(=O)C(=Cc2ccc(OCCOc3ccc(Br)cc3)cc2)SC1=S. The first-order valence-electron chi connectivity index (χ1n) is 8.54. The number of amides is 1. The molecule has 0 radical (unpaired) electrons. The molecule has 0 atom stereocenters. The van der Waals surface area contributed by atoms with Crippen LogP contribution in [0, 0.1) is 0 Å². The molecule has 0 saturated carbocycles. The molecule has 0 aromatic heterocycles. The third kappa shape index (κ3) is 5.47. The molecule has 144 valence electrons. The molecule has 0 N–H and O–H groups in total. The van der Waals surface area contributed by atoms with Crippen molar-refractivity contribution in [2.45, 2.75) is 0 Å². The molecule has 1 amide bonds. The molecule has 3 rings (SSSR count). The summed E-state index contributed by atoms with van der Waals surface area (Å²) in [4.78, 5) is 14.5. The smallest absolute Gasteiger partial charge is 0.266 e. The molecule has 0 aliphatic carbocycles. The summed E-state index contributed by atoms with van der Waals surface area (Å²) < 4.78 is 12.9. The van der Waals surface area contributed by atoms with Gasteiger partial charge in [-0.15, -0.1) is 6.58 Å². The highest BCUT2D eigenvalue weighted by Gasteiger charge is 2.30. The minimum Gasteiger partial charge on any atom is -0.490 e. The number of hydrogen-bond acceptors (Lipinski definition) is 5. The van der Waals surface area contributed by atoms with Crippen LogP contribution in [0.1, 0.15) is 5.56 Å². The fourth-order valence-electron chi connectivity index (χ4n) is 2.45. The van der Waals surface area contributed by atoms with Crippen molar-refractivity contribution in [2.24, 2.45) is 0 Å². The van der Waals surface area contributed by atoms with E-state index < -0.39 is 0 Å². The van der Waals surface area contributed by atoms with E-state index in [2.05, 4.69) is 22.5 Å². The summed E-state index contributed by atoms with van der Waals surface area (Å²) in [5.74, 6) is 1.46. The lowest BCUT2D eigenvalue weighted by molar-refractivity contribution is -0.121. The molecule has 1 fully saturated rings. The Balaban J connectivity index is 1.51. The number of thioether (sulfide) groups is 1. The van der Waals surface area contributed by atoms with Gasteiger partial charge in [-0.2, -0.15) is 0 Å². The monoisotopic (exact) mass is 475 g/mol. The van der Waals surface area contributed by atoms with Crippen LogP contribution < -0.4 is 9.47 Å². The van der Waals surface area contributed by atoms with Gasteiger partial charge in [0.15, 0.2) is 0 Å². The summed E-state index contributed by atoms with van der Waals surface area (Å²) >= 11 is 9.94. The highest BCUT2D eigenvalue weighted by atomic mass is 79.9. The maximum atomic E-state index is 12.3. The van der Waals surface area contributed by atoms with Gasteiger partial charge in [-0.3, -0.25) is 9.69 Å². The van der Waals surface area contributed by atoms with Crippen LogP contribution in [0.5, 0.6) is 11.5 Å². The fourth-order valence-corrected chi connectivity index (χ4v) is 3.99. The second-order valence-electron chi connectivity index (χ2n) is 5.80. The zero-order valence-corrected chi connectivity index (χ0v) is 18.2. The highest BCUT2D eigenvalue weighted by molar-refractivity contribution is 9.10. The maximum Gasteiger partial charge on any atom is 0.266 e. The van der Waals surface area contributed by atoms with Crippen molar-refractivity contribution >= 4 is 56.2 Å². The number of nitrogens with zero attached hydrogens (tertiary/aromatic N) is 1. The number of hydrogen-bond donors (Lipinski definition) is 0. The first kappa shape index (κ1) is 20.6. The van der Waals surface area contributed by atoms with Gasteiger partial charge < -0.3 is 9.47 Å². The number of halogens is 1. The molecule has 28 heavy (non-hydrogen) atoms. The number of carbonyl (C=O) groups is 1. The summed E-state index contributed by atoms with van der Waals surface area (Å²) in [6.07, 6.45) is 3.50. The van der Waals surface area contributed by atoms with Crippen molar-refractivity contribution in [2.75, 3.05) is 19.8 Å². The fraction of sp³-hybridized carbons (Fsp3) is 0.143. The van der Waals surface area contributed by atoms with Gasteiger partial charge in [0.05, 0.1) is 4.91 Å². The third-order valence-corrected chi connectivity index (χ3v) is 5.70. The summed E-state index contributed by atoms with van der Waals surface area (Å²) in [5, 5.41) is 0. The quantitative estimate of drug-likeness (QED) is 0.224. The molecule has 1 aliphatic rings. The van der Waals surface area contributed by atoms with E-state index in [-0.39, 0.29) is 5.91 Å². The molecule has 1 saturated heterocycles. The Hall–Kier alpha value is -2.09. The molecule has 0 bridgehead atoms. The average Bonchev–Trinajstić information content (AvgIpc) is 2.96. The largest absolute Gasteiger partial charge is 0.490 e. The Bertz CT molecular complexity index is 895. The number of rotatable bonds is 8. The summed E-state index contributed by atoms with van der Waals surface area (Å²) in [6, 6.07) is 15.2. The standard InChI is InChI=1S/C21H18BrNO3S2/c1-2-11-23-20(24)19(28-21(23)27)14-15-3-7-17(8-4-15)25-12-13-26-18-9-5-16(22)6-10-18/h2-10,14H,1,11-13H2. The Labute approximate surface area is 182 Å². The lowest BCUT2D eigenvalue weighted by Gasteiger charge is -2.10. The van der Waals surface area contributed by atoms with Crippen LogP contribution in [0.15, 0.2) is 70.6 Å². The molecule has 7 heteroatoms. The average molecular weight is 476 g/mol. The van der Waals surface area contributed by atoms with E-state index in [0.717, 1.165) is 21.5 Å². The maximum absolute atomic E-state index is 12.3. The summed E-state index contributed by atoms with van der Waals surface area (Å²) in [5.41, 5.74) is 0.914. The van der Waals surface area contributed by atoms with E-state index in [0.29, 0.717) is 29.0 Å². The van der Waals surface area contributed by atoms with Crippen LogP contribution in [0.4, 0.5) is 0 Å². The van der Waals surface area contributed by atoms with Crippen molar-refractivity contribution in [3.8, 4) is 11.5 Å². The van der Waals surface area contributed by atoms with Gasteiger partial charge in [0.2, 0.25) is 0 Å². The predicted octanol–water partition coefficient (Wildman–Crippen LogP) is 5.29. The molecule has 0 spiro atoms. The van der Waals surface area contributed by atoms with Crippen molar-refractivity contribution in [1.29, 1.82) is 0 Å². The molecular formula is C21H18BrNO3S2. The number of ether oxygens (including phenoxy) is 2. The van der Waals surface area contributed by atoms with Gasteiger partial charge in [0, 0.05) is 11.0 Å². The van der Waals surface area contributed by atoms with E-state index in [9.17, 15) is 4.79 Å². The molecular weight excluding hydrogens is 458 g/mol. The number of carbonyl (C=O) groups excluding carboxylic acids is 1. The Morgan fingerprint density at radius 3 is 2.18 bits per heavy atom. The van der Waals surface area contributed by atoms with Gasteiger partial charge in [-0.25, -0.2) is 0 Å². The van der Waals surface area contributed by atoms with Crippen LogP contribution >= 0.6 is 39.9 Å². The van der Waals surface area contributed by atoms with E-state index >= 15 is 0 Å². The lowest BCUT2D eigenvalue weighted by atomic mass is 10.2. The molecule has 2 aromatic carbocycles. The third-order valence-electron chi connectivity index (χ3n) is 3.80. The van der Waals surface area contributed by atoms with Gasteiger partial charge in [0.25, 0.3) is 5.91 Å². The first-order chi connectivity index (χ1) is 13.6. The lowest BCUT2D eigenvalue weighted by Crippen LogP contribution is -2.27. The van der Waals surface area contributed by atoms with E-state index in [4.69, 9.17) is 21.7 Å². The van der Waals surface area contributed by atoms with E-state index in [1.54, 1.807) is 11.0 Å². The molecule has 1 aliphatic heterocycles. The zero-order chi connectivity index (χ0) is 19.9. The van der Waals surface area contributed by atoms with Gasteiger partial charge in [-0.1, -0.05) is 58.1 Å². The molecule has 1 heterocycles. The van der Waals surface area contributed by atoms with E-state index in [1.807, 2.05) is 54.6 Å². The Morgan fingerprint density at radius 1 is 1.04 bits per heavy atom. The predicted molar refractivity (Wildman–Crippen MR) is 122 cm³/mol. The molecule has 4 nitrogen and oxygen atoms in total. The van der Waals surface area contributed by atoms with Crippen molar-refractivity contribution in [3.05, 3.63) is 76.1 Å². The van der Waals surface area contributed by atoms with Crippen LogP contribution in [0.2, 0.25) is 0 Å². The Morgan fingerprint density at radius 2 is 1.61 bits per heavy atom. The van der Waals surface area contributed by atoms with Gasteiger partial charge in [0.1, 0.15) is 29.0 Å². The van der Waals surface area contributed by atoms with Crippen molar-refractivity contribution in [3.63, 3.8) is 0 Å². The highest BCUT2D eigenvalue weighted by Crippen LogP contribution is 2.32. The van der Waals surface area contributed by atoms with Crippen molar-refractivity contribution < 1.29 is 14.3 Å². The van der Waals surface area contributed by atoms with Crippen LogP contribution in [-0.2, 0) is 4.79 Å². The zero-order valence-electron chi connectivity index (χ0n) is 15.0. The normalized spacial score (nSPS) is 15.2. The number of thiocarbonyl (C=S) groups is 1. The molecule has 0 unspecified atom stereocenters. The summed E-state index contributed by atoms with van der Waals surface area (Å²) in [6.45, 7) is 4.98. The van der Waals surface area contributed by atoms with Crippen LogP contribution in [0.3, 0.4) is 0 Å². The minimum absolute atomic E-state index is 0.0830. The minimum atomic E-state index is -0.0830. The van der Waals surface area contributed by atoms with Crippen LogP contribution in [0.25, 0.3) is 6.08 Å². The second-order valence-corrected chi connectivity index (χ2v) is 8.39. The van der Waals surface area contributed by atoms with Gasteiger partial charge in [-0.05, 0) is 48.0 Å². The topological polar surface area (TPSA) is 38.8 Å². The van der Waals surface area contributed by atoms with Gasteiger partial charge >= 0.3 is 0 Å². The van der Waals surface area contributed by atoms with Crippen molar-refractivity contribution in [1.82, 2.24) is 4.90 Å². The summed E-state index contributed by atoms with van der Waals surface area (Å²) in [7, 11) is 0. The first-order valence-corrected chi connectivity index (χ1v) is 10.6. The Kier molecular flexibility index (Phi) is 7.30. The van der Waals surface area contributed by atoms with E-state index in [1.165, 1.54) is 11.8 Å².